The summed E-state index contributed by atoms with van der Waals surface area (Å²) in [6.07, 6.45) is 3.99. The fourth-order valence-electron chi connectivity index (χ4n) is 3.68. The third-order valence-electron chi connectivity index (χ3n) is 5.05. The summed E-state index contributed by atoms with van der Waals surface area (Å²) in [5.74, 6) is 1.45. The molecule has 0 saturated carbocycles. The topological polar surface area (TPSA) is 86.2 Å². The van der Waals surface area contributed by atoms with Gasteiger partial charge in [0.25, 0.3) is 0 Å². The quantitative estimate of drug-likeness (QED) is 0.585. The largest absolute Gasteiger partial charge is 0.467 e. The highest BCUT2D eigenvalue weighted by molar-refractivity contribution is 6.06. The van der Waals surface area contributed by atoms with Gasteiger partial charge in [-0.3, -0.25) is 0 Å². The van der Waals surface area contributed by atoms with Crippen molar-refractivity contribution in [1.29, 1.82) is 0 Å². The van der Waals surface area contributed by atoms with E-state index in [-0.39, 0.29) is 5.60 Å². The van der Waals surface area contributed by atoms with Crippen molar-refractivity contribution in [2.45, 2.75) is 45.9 Å². The van der Waals surface area contributed by atoms with Gasteiger partial charge in [-0.2, -0.15) is 0 Å². The van der Waals surface area contributed by atoms with Crippen LogP contribution in [-0.2, 0) is 24.3 Å². The Morgan fingerprint density at radius 2 is 2.11 bits per heavy atom. The van der Waals surface area contributed by atoms with Crippen LogP contribution in [0.2, 0.25) is 0 Å². The van der Waals surface area contributed by atoms with Gasteiger partial charge >= 0.3 is 0 Å². The standard InChI is InChI=1S/C20H20N4O3/c1-11-14-9-26-20(2,3)7-13(14)15-16-17(27-19(15)24-11)18(23-10-22-16)21-8-12-5-4-6-25-12/h4-6,10H,7-9H2,1-3H3,(H,21,22,23). The van der Waals surface area contributed by atoms with Crippen LogP contribution >= 0.6 is 0 Å². The van der Waals surface area contributed by atoms with E-state index in [4.69, 9.17) is 13.6 Å². The predicted molar refractivity (Wildman–Crippen MR) is 100 cm³/mol. The first-order valence-corrected chi connectivity index (χ1v) is 8.97. The molecule has 138 valence electrons. The molecule has 1 aliphatic rings. The zero-order valence-corrected chi connectivity index (χ0v) is 15.5. The number of ether oxygens (including phenoxy) is 1. The molecule has 1 N–H and O–H groups in total. The fraction of sp³-hybridized carbons (Fsp3) is 0.350. The van der Waals surface area contributed by atoms with Crippen molar-refractivity contribution in [2.24, 2.45) is 0 Å². The SMILES string of the molecule is Cc1nc2oc3c(NCc4ccco4)ncnc3c2c2c1COC(C)(C)C2. The summed E-state index contributed by atoms with van der Waals surface area (Å²) in [6.45, 7) is 7.27. The van der Waals surface area contributed by atoms with Crippen LogP contribution in [0.3, 0.4) is 0 Å². The van der Waals surface area contributed by atoms with Gasteiger partial charge in [-0.25, -0.2) is 15.0 Å². The van der Waals surface area contributed by atoms with Crippen LogP contribution in [0.5, 0.6) is 0 Å². The monoisotopic (exact) mass is 364 g/mol. The van der Waals surface area contributed by atoms with Gasteiger partial charge in [0.15, 0.2) is 11.4 Å². The van der Waals surface area contributed by atoms with Crippen LogP contribution in [0.4, 0.5) is 5.82 Å². The molecule has 0 unspecified atom stereocenters. The van der Waals surface area contributed by atoms with Gasteiger partial charge in [0.05, 0.1) is 30.4 Å². The van der Waals surface area contributed by atoms with E-state index in [1.165, 1.54) is 5.56 Å². The van der Waals surface area contributed by atoms with E-state index in [0.29, 0.717) is 30.3 Å². The first-order valence-electron chi connectivity index (χ1n) is 8.97. The number of pyridine rings is 1. The van der Waals surface area contributed by atoms with Crippen molar-refractivity contribution in [2.75, 3.05) is 5.32 Å². The molecular weight excluding hydrogens is 344 g/mol. The van der Waals surface area contributed by atoms with Crippen LogP contribution in [0.15, 0.2) is 33.6 Å². The summed E-state index contributed by atoms with van der Waals surface area (Å²) in [6, 6.07) is 3.77. The number of nitrogens with one attached hydrogen (secondary N) is 1. The van der Waals surface area contributed by atoms with Crippen LogP contribution in [-0.4, -0.2) is 20.6 Å². The maximum absolute atomic E-state index is 6.10. The Labute approximate surface area is 155 Å². The Balaban J connectivity index is 1.68. The lowest BCUT2D eigenvalue weighted by Gasteiger charge is -2.32. The molecule has 1 aliphatic heterocycles. The average molecular weight is 364 g/mol. The zero-order chi connectivity index (χ0) is 18.6. The second kappa shape index (κ2) is 5.79. The highest BCUT2D eigenvalue weighted by Gasteiger charge is 2.31. The van der Waals surface area contributed by atoms with Gasteiger partial charge in [0.2, 0.25) is 5.71 Å². The van der Waals surface area contributed by atoms with Crippen LogP contribution < -0.4 is 5.32 Å². The second-order valence-electron chi connectivity index (χ2n) is 7.49. The lowest BCUT2D eigenvalue weighted by molar-refractivity contribution is -0.0400. The maximum Gasteiger partial charge on any atom is 0.229 e. The number of fused-ring (bicyclic) bond motifs is 5. The molecule has 0 bridgehead atoms. The van der Waals surface area contributed by atoms with E-state index in [2.05, 4.69) is 34.1 Å². The summed E-state index contributed by atoms with van der Waals surface area (Å²) < 4.78 is 17.5. The zero-order valence-electron chi connectivity index (χ0n) is 15.5. The Kier molecular flexibility index (Phi) is 3.48. The normalized spacial score (nSPS) is 16.0. The summed E-state index contributed by atoms with van der Waals surface area (Å²) in [5.41, 5.74) is 5.04. The van der Waals surface area contributed by atoms with Crippen LogP contribution in [0, 0.1) is 6.92 Å². The van der Waals surface area contributed by atoms with E-state index in [9.17, 15) is 0 Å². The molecule has 7 heteroatoms. The molecule has 0 saturated heterocycles. The minimum Gasteiger partial charge on any atom is -0.467 e. The molecule has 0 aliphatic carbocycles. The number of nitrogens with zero attached hydrogens (tertiary/aromatic N) is 3. The lowest BCUT2D eigenvalue weighted by Crippen LogP contribution is -2.32. The third kappa shape index (κ3) is 2.66. The lowest BCUT2D eigenvalue weighted by atomic mass is 9.89. The van der Waals surface area contributed by atoms with Crippen molar-refractivity contribution >= 4 is 28.0 Å². The van der Waals surface area contributed by atoms with E-state index < -0.39 is 0 Å². The molecule has 4 aromatic rings. The molecule has 0 spiro atoms. The van der Waals surface area contributed by atoms with Crippen molar-refractivity contribution in [3.05, 3.63) is 47.3 Å². The van der Waals surface area contributed by atoms with E-state index in [0.717, 1.165) is 34.3 Å². The van der Waals surface area contributed by atoms with Crippen molar-refractivity contribution in [3.8, 4) is 0 Å². The van der Waals surface area contributed by atoms with Gasteiger partial charge in [-0.15, -0.1) is 0 Å². The average Bonchev–Trinajstić information content (AvgIpc) is 3.26. The number of aryl methyl sites for hydroxylation is 1. The minimum atomic E-state index is -0.231. The molecule has 27 heavy (non-hydrogen) atoms. The Hall–Kier alpha value is -2.93. The molecule has 4 aromatic heterocycles. The number of aromatic nitrogens is 3. The van der Waals surface area contributed by atoms with Crippen LogP contribution in [0.25, 0.3) is 22.2 Å². The van der Waals surface area contributed by atoms with Gasteiger partial charge in [-0.1, -0.05) is 0 Å². The maximum atomic E-state index is 6.10. The molecule has 0 radical (unpaired) electrons. The highest BCUT2D eigenvalue weighted by atomic mass is 16.5. The van der Waals surface area contributed by atoms with Crippen molar-refractivity contribution < 1.29 is 13.6 Å². The number of rotatable bonds is 3. The number of hydrogen-bond donors (Lipinski definition) is 1. The second-order valence-corrected chi connectivity index (χ2v) is 7.49. The molecule has 5 heterocycles. The smallest absolute Gasteiger partial charge is 0.229 e. The van der Waals surface area contributed by atoms with E-state index >= 15 is 0 Å². The highest BCUT2D eigenvalue weighted by Crippen LogP contribution is 2.39. The molecular formula is C20H20N4O3. The molecule has 0 aromatic carbocycles. The van der Waals surface area contributed by atoms with Gasteiger partial charge in [-0.05, 0) is 38.5 Å². The molecule has 0 atom stereocenters. The Morgan fingerprint density at radius 3 is 2.93 bits per heavy atom. The summed E-state index contributed by atoms with van der Waals surface area (Å²) >= 11 is 0. The summed E-state index contributed by atoms with van der Waals surface area (Å²) in [5, 5.41) is 4.23. The number of anilines is 1. The van der Waals surface area contributed by atoms with Crippen molar-refractivity contribution in [1.82, 2.24) is 15.0 Å². The van der Waals surface area contributed by atoms with E-state index in [1.807, 2.05) is 19.1 Å². The van der Waals surface area contributed by atoms with E-state index in [1.54, 1.807) is 12.6 Å². The fourth-order valence-corrected chi connectivity index (χ4v) is 3.68. The molecule has 0 amide bonds. The molecule has 5 rings (SSSR count). The first kappa shape index (κ1) is 16.3. The Morgan fingerprint density at radius 1 is 1.22 bits per heavy atom. The predicted octanol–water partition coefficient (Wildman–Crippen LogP) is 4.14. The van der Waals surface area contributed by atoms with Crippen molar-refractivity contribution in [3.63, 3.8) is 0 Å². The van der Waals surface area contributed by atoms with Gasteiger partial charge < -0.3 is 18.9 Å². The number of hydrogen-bond acceptors (Lipinski definition) is 7. The summed E-state index contributed by atoms with van der Waals surface area (Å²) in [7, 11) is 0. The summed E-state index contributed by atoms with van der Waals surface area (Å²) in [4.78, 5) is 13.5. The Bertz CT molecular complexity index is 1150. The number of furan rings is 2. The van der Waals surface area contributed by atoms with Gasteiger partial charge in [0, 0.05) is 17.7 Å². The minimum absolute atomic E-state index is 0.231. The third-order valence-corrected chi connectivity index (χ3v) is 5.05. The van der Waals surface area contributed by atoms with Crippen LogP contribution in [0.1, 0.15) is 36.4 Å². The van der Waals surface area contributed by atoms with Gasteiger partial charge in [0.1, 0.15) is 17.6 Å². The molecule has 0 fully saturated rings. The molecule has 7 nitrogen and oxygen atoms in total. The first-order chi connectivity index (χ1) is 13.0.